The fourth-order valence-electron chi connectivity index (χ4n) is 1.92. The van der Waals surface area contributed by atoms with E-state index < -0.39 is 0 Å². The Bertz CT molecular complexity index is 541. The number of hydrogen-bond donors (Lipinski definition) is 2. The van der Waals surface area contributed by atoms with Crippen molar-refractivity contribution in [3.05, 3.63) is 34.9 Å². The highest BCUT2D eigenvalue weighted by Crippen LogP contribution is 2.11. The third-order valence-corrected chi connectivity index (χ3v) is 3.28. The van der Waals surface area contributed by atoms with E-state index in [-0.39, 0.29) is 11.9 Å². The lowest BCUT2D eigenvalue weighted by Gasteiger charge is -2.21. The molecule has 0 aliphatic rings. The summed E-state index contributed by atoms with van der Waals surface area (Å²) in [6.07, 6.45) is 0. The van der Waals surface area contributed by atoms with Crippen LogP contribution in [0.15, 0.2) is 18.2 Å². The molecule has 0 bridgehead atoms. The van der Waals surface area contributed by atoms with Crippen LogP contribution < -0.4 is 11.1 Å². The number of methoxy groups -OCH3 is 1. The van der Waals surface area contributed by atoms with E-state index in [1.165, 1.54) is 0 Å². The highest BCUT2D eigenvalue weighted by Gasteiger charge is 2.17. The second-order valence-corrected chi connectivity index (χ2v) is 5.31. The molecule has 0 aromatic heterocycles. The van der Waals surface area contributed by atoms with Crippen LogP contribution in [-0.4, -0.2) is 32.2 Å². The molecule has 21 heavy (non-hydrogen) atoms. The average Bonchev–Trinajstić information content (AvgIpc) is 2.45. The molecular formula is C17H24N2O2. The van der Waals surface area contributed by atoms with Gasteiger partial charge in [0, 0.05) is 18.2 Å². The van der Waals surface area contributed by atoms with Crippen LogP contribution in [0.25, 0.3) is 0 Å². The van der Waals surface area contributed by atoms with Crippen molar-refractivity contribution in [3.63, 3.8) is 0 Å². The minimum Gasteiger partial charge on any atom is -0.383 e. The second-order valence-electron chi connectivity index (χ2n) is 5.31. The largest absolute Gasteiger partial charge is 0.383 e. The van der Waals surface area contributed by atoms with Crippen LogP contribution in [0.2, 0.25) is 0 Å². The van der Waals surface area contributed by atoms with E-state index in [1.807, 2.05) is 19.1 Å². The third-order valence-electron chi connectivity index (χ3n) is 3.28. The molecule has 0 saturated heterocycles. The summed E-state index contributed by atoms with van der Waals surface area (Å²) in [6, 6.07) is 5.49. The van der Waals surface area contributed by atoms with Crippen molar-refractivity contribution in [1.82, 2.24) is 5.32 Å². The van der Waals surface area contributed by atoms with Crippen LogP contribution in [0, 0.1) is 24.7 Å². The molecule has 1 aromatic carbocycles. The molecule has 0 fully saturated rings. The zero-order valence-electron chi connectivity index (χ0n) is 13.2. The summed E-state index contributed by atoms with van der Waals surface area (Å²) in [5.74, 6) is 6.03. The van der Waals surface area contributed by atoms with E-state index in [0.29, 0.717) is 24.6 Å². The number of amides is 1. The summed E-state index contributed by atoms with van der Waals surface area (Å²) in [6.45, 7) is 6.88. The molecule has 1 aromatic rings. The third kappa shape index (κ3) is 5.22. The fourth-order valence-corrected chi connectivity index (χ4v) is 1.92. The lowest BCUT2D eigenvalue weighted by atomic mass is 10.0. The van der Waals surface area contributed by atoms with E-state index >= 15 is 0 Å². The molecule has 1 amide bonds. The number of rotatable bonds is 5. The van der Waals surface area contributed by atoms with Crippen LogP contribution in [-0.2, 0) is 4.74 Å². The monoisotopic (exact) mass is 288 g/mol. The molecule has 4 nitrogen and oxygen atoms in total. The van der Waals surface area contributed by atoms with Gasteiger partial charge in [-0.2, -0.15) is 0 Å². The maximum absolute atomic E-state index is 12.3. The predicted octanol–water partition coefficient (Wildman–Crippen LogP) is 1.71. The summed E-state index contributed by atoms with van der Waals surface area (Å²) in [5.41, 5.74) is 7.87. The molecule has 0 aliphatic carbocycles. The Balaban J connectivity index is 2.85. The van der Waals surface area contributed by atoms with Crippen LogP contribution >= 0.6 is 0 Å². The molecule has 1 rings (SSSR count). The lowest BCUT2D eigenvalue weighted by Crippen LogP contribution is -2.41. The minimum absolute atomic E-state index is 0.000450. The van der Waals surface area contributed by atoms with Gasteiger partial charge in [-0.25, -0.2) is 0 Å². The van der Waals surface area contributed by atoms with Crippen molar-refractivity contribution >= 4 is 5.91 Å². The van der Waals surface area contributed by atoms with Crippen LogP contribution in [0.3, 0.4) is 0 Å². The van der Waals surface area contributed by atoms with Crippen molar-refractivity contribution in [1.29, 1.82) is 0 Å². The Morgan fingerprint density at radius 3 is 2.67 bits per heavy atom. The van der Waals surface area contributed by atoms with Crippen LogP contribution in [0.1, 0.15) is 35.3 Å². The van der Waals surface area contributed by atoms with Gasteiger partial charge in [0.15, 0.2) is 0 Å². The Morgan fingerprint density at radius 2 is 2.14 bits per heavy atom. The summed E-state index contributed by atoms with van der Waals surface area (Å²) >= 11 is 0. The molecule has 0 aliphatic heterocycles. The highest BCUT2D eigenvalue weighted by molar-refractivity contribution is 5.94. The topological polar surface area (TPSA) is 64.3 Å². The number of aryl methyl sites for hydroxylation is 1. The van der Waals surface area contributed by atoms with Crippen molar-refractivity contribution < 1.29 is 9.53 Å². The SMILES string of the molecule is COCC(NC(=O)c1ccc(C#CCN)c(C)c1)C(C)C. The van der Waals surface area contributed by atoms with Crippen LogP contribution in [0.4, 0.5) is 0 Å². The number of carbonyl (C=O) groups is 1. The van der Waals surface area contributed by atoms with Gasteiger partial charge in [-0.05, 0) is 36.6 Å². The minimum atomic E-state index is -0.0906. The van der Waals surface area contributed by atoms with Crippen molar-refractivity contribution in [2.24, 2.45) is 11.7 Å². The average molecular weight is 288 g/mol. The van der Waals surface area contributed by atoms with Gasteiger partial charge in [0.05, 0.1) is 19.2 Å². The van der Waals surface area contributed by atoms with Crippen molar-refractivity contribution in [2.45, 2.75) is 26.8 Å². The predicted molar refractivity (Wildman–Crippen MR) is 85.1 cm³/mol. The molecule has 114 valence electrons. The number of hydrogen-bond acceptors (Lipinski definition) is 3. The molecule has 1 unspecified atom stereocenters. The van der Waals surface area contributed by atoms with E-state index in [0.717, 1.165) is 11.1 Å². The molecule has 0 heterocycles. The number of nitrogens with one attached hydrogen (secondary N) is 1. The summed E-state index contributed by atoms with van der Waals surface area (Å²) in [7, 11) is 1.64. The Morgan fingerprint density at radius 1 is 1.43 bits per heavy atom. The maximum Gasteiger partial charge on any atom is 0.251 e. The molecule has 4 heteroatoms. The first-order valence-corrected chi connectivity index (χ1v) is 7.09. The lowest BCUT2D eigenvalue weighted by molar-refractivity contribution is 0.0866. The van der Waals surface area contributed by atoms with E-state index in [4.69, 9.17) is 10.5 Å². The normalized spacial score (nSPS) is 11.7. The van der Waals surface area contributed by atoms with Gasteiger partial charge in [-0.1, -0.05) is 25.7 Å². The number of nitrogens with two attached hydrogens (primary N) is 1. The Labute approximate surface area is 127 Å². The zero-order chi connectivity index (χ0) is 15.8. The van der Waals surface area contributed by atoms with Gasteiger partial charge >= 0.3 is 0 Å². The quantitative estimate of drug-likeness (QED) is 0.811. The number of ether oxygens (including phenoxy) is 1. The smallest absolute Gasteiger partial charge is 0.251 e. The standard InChI is InChI=1S/C17H24N2O2/c1-12(2)16(11-21-4)19-17(20)15-8-7-14(6-5-9-18)13(3)10-15/h7-8,10,12,16H,9,11,18H2,1-4H3,(H,19,20). The van der Waals surface area contributed by atoms with E-state index in [2.05, 4.69) is 31.0 Å². The van der Waals surface area contributed by atoms with Gasteiger partial charge in [-0.15, -0.1) is 0 Å². The molecule has 3 N–H and O–H groups in total. The van der Waals surface area contributed by atoms with E-state index in [1.54, 1.807) is 13.2 Å². The van der Waals surface area contributed by atoms with Gasteiger partial charge in [0.25, 0.3) is 5.91 Å². The Kier molecular flexibility index (Phi) is 6.93. The van der Waals surface area contributed by atoms with Gasteiger partial charge < -0.3 is 15.8 Å². The first kappa shape index (κ1) is 17.2. The molecule has 1 atom stereocenters. The first-order chi connectivity index (χ1) is 9.99. The molecule has 0 radical (unpaired) electrons. The highest BCUT2D eigenvalue weighted by atomic mass is 16.5. The fraction of sp³-hybridized carbons (Fsp3) is 0.471. The number of carbonyl (C=O) groups excluding carboxylic acids is 1. The van der Waals surface area contributed by atoms with Gasteiger partial charge in [-0.3, -0.25) is 4.79 Å². The van der Waals surface area contributed by atoms with Crippen molar-refractivity contribution in [3.8, 4) is 11.8 Å². The second kappa shape index (κ2) is 8.46. The summed E-state index contributed by atoms with van der Waals surface area (Å²) in [4.78, 5) is 12.3. The summed E-state index contributed by atoms with van der Waals surface area (Å²) < 4.78 is 5.14. The maximum atomic E-state index is 12.3. The van der Waals surface area contributed by atoms with Crippen LogP contribution in [0.5, 0.6) is 0 Å². The molecule has 0 saturated carbocycles. The summed E-state index contributed by atoms with van der Waals surface area (Å²) in [5, 5.41) is 3.00. The van der Waals surface area contributed by atoms with E-state index in [9.17, 15) is 4.79 Å². The molecule has 0 spiro atoms. The van der Waals surface area contributed by atoms with Gasteiger partial charge in [0.1, 0.15) is 0 Å². The molecular weight excluding hydrogens is 264 g/mol. The Hall–Kier alpha value is -1.83. The number of benzene rings is 1. The van der Waals surface area contributed by atoms with Gasteiger partial charge in [0.2, 0.25) is 0 Å². The zero-order valence-corrected chi connectivity index (χ0v) is 13.2. The first-order valence-electron chi connectivity index (χ1n) is 7.09. The van der Waals surface area contributed by atoms with Crippen molar-refractivity contribution in [2.75, 3.05) is 20.3 Å².